The molecule has 0 aliphatic heterocycles. The molecule has 0 spiro atoms. The highest BCUT2D eigenvalue weighted by molar-refractivity contribution is 7.45. The van der Waals surface area contributed by atoms with Crippen LogP contribution in [0.4, 0.5) is 0 Å². The van der Waals surface area contributed by atoms with E-state index in [0.717, 1.165) is 64.2 Å². The number of phosphoric acid groups is 1. The number of carbonyl (C=O) groups excluding carboxylic acids is 1. The van der Waals surface area contributed by atoms with Crippen molar-refractivity contribution in [3.8, 4) is 0 Å². The number of rotatable bonds is 52. The number of aliphatic hydroxyl groups is 1. The molecule has 0 bridgehead atoms. The minimum atomic E-state index is -4.60. The molecular formula is C57H111N2O6P. The quantitative estimate of drug-likeness (QED) is 0.0272. The maximum absolute atomic E-state index is 12.9. The number of aliphatic hydroxyl groups excluding tert-OH is 1. The van der Waals surface area contributed by atoms with Crippen molar-refractivity contribution in [2.24, 2.45) is 0 Å². The summed E-state index contributed by atoms with van der Waals surface area (Å²) in [6.07, 6.45) is 62.3. The summed E-state index contributed by atoms with van der Waals surface area (Å²) in [7, 11) is 1.26. The molecule has 66 heavy (non-hydrogen) atoms. The number of allylic oxidation sites excluding steroid dienone is 5. The second kappa shape index (κ2) is 48.7. The molecule has 1 amide bonds. The molecule has 0 heterocycles. The number of hydrogen-bond acceptors (Lipinski definition) is 6. The Morgan fingerprint density at radius 2 is 0.894 bits per heavy atom. The topological polar surface area (TPSA) is 108 Å². The highest BCUT2D eigenvalue weighted by atomic mass is 31.2. The fourth-order valence-electron chi connectivity index (χ4n) is 8.35. The maximum Gasteiger partial charge on any atom is 0.268 e. The molecule has 3 atom stereocenters. The summed E-state index contributed by atoms with van der Waals surface area (Å²) in [6, 6.07) is -0.894. The number of likely N-dealkylation sites (N-methyl/N-ethyl adjacent to an activating group) is 1. The zero-order valence-electron chi connectivity index (χ0n) is 44.4. The van der Waals surface area contributed by atoms with E-state index in [1.54, 1.807) is 6.08 Å². The Morgan fingerprint density at radius 1 is 0.530 bits per heavy atom. The average molecular weight is 951 g/mol. The van der Waals surface area contributed by atoms with E-state index >= 15 is 0 Å². The van der Waals surface area contributed by atoms with Crippen molar-refractivity contribution < 1.29 is 32.9 Å². The molecule has 3 unspecified atom stereocenters. The van der Waals surface area contributed by atoms with E-state index in [9.17, 15) is 19.4 Å². The van der Waals surface area contributed by atoms with Gasteiger partial charge in [0.1, 0.15) is 13.2 Å². The molecular weight excluding hydrogens is 840 g/mol. The minimum absolute atomic E-state index is 0.00378. The van der Waals surface area contributed by atoms with Gasteiger partial charge in [0.25, 0.3) is 7.82 Å². The third-order valence-electron chi connectivity index (χ3n) is 12.8. The minimum Gasteiger partial charge on any atom is -0.756 e. The summed E-state index contributed by atoms with van der Waals surface area (Å²) in [5.41, 5.74) is 0. The van der Waals surface area contributed by atoms with E-state index < -0.39 is 20.0 Å². The lowest BCUT2D eigenvalue weighted by Crippen LogP contribution is -2.45. The number of nitrogens with one attached hydrogen (secondary N) is 1. The molecule has 0 aliphatic rings. The normalized spacial score (nSPS) is 14.2. The lowest BCUT2D eigenvalue weighted by Gasteiger charge is -2.29. The molecule has 0 aromatic heterocycles. The van der Waals surface area contributed by atoms with Crippen LogP contribution in [0.25, 0.3) is 0 Å². The van der Waals surface area contributed by atoms with Crippen LogP contribution in [0, 0.1) is 0 Å². The Balaban J connectivity index is 4.11. The zero-order valence-corrected chi connectivity index (χ0v) is 45.3. The maximum atomic E-state index is 12.9. The number of amides is 1. The zero-order chi connectivity index (χ0) is 48.5. The van der Waals surface area contributed by atoms with Crippen molar-refractivity contribution in [3.63, 3.8) is 0 Å². The number of hydrogen-bond donors (Lipinski definition) is 2. The first kappa shape index (κ1) is 64.7. The molecule has 9 heteroatoms. The third-order valence-corrected chi connectivity index (χ3v) is 13.8. The van der Waals surface area contributed by atoms with Gasteiger partial charge in [-0.2, -0.15) is 0 Å². The van der Waals surface area contributed by atoms with Crippen LogP contribution in [0.3, 0.4) is 0 Å². The van der Waals surface area contributed by atoms with E-state index in [1.807, 2.05) is 27.2 Å². The van der Waals surface area contributed by atoms with Gasteiger partial charge in [-0.15, -0.1) is 0 Å². The van der Waals surface area contributed by atoms with Crippen molar-refractivity contribution >= 4 is 13.7 Å². The van der Waals surface area contributed by atoms with Gasteiger partial charge in [0.2, 0.25) is 5.91 Å². The van der Waals surface area contributed by atoms with Crippen LogP contribution in [-0.4, -0.2) is 68.5 Å². The third kappa shape index (κ3) is 50.6. The summed E-state index contributed by atoms with van der Waals surface area (Å²) in [5.74, 6) is -0.210. The first-order valence-corrected chi connectivity index (χ1v) is 29.8. The van der Waals surface area contributed by atoms with Crippen LogP contribution >= 0.6 is 7.82 Å². The van der Waals surface area contributed by atoms with Crippen LogP contribution in [0.1, 0.15) is 271 Å². The second-order valence-electron chi connectivity index (χ2n) is 20.6. The highest BCUT2D eigenvalue weighted by Crippen LogP contribution is 2.38. The number of phosphoric ester groups is 1. The first-order chi connectivity index (χ1) is 32.0. The van der Waals surface area contributed by atoms with E-state index in [0.29, 0.717) is 17.4 Å². The molecule has 0 saturated heterocycles. The monoisotopic (exact) mass is 951 g/mol. The summed E-state index contributed by atoms with van der Waals surface area (Å²) >= 11 is 0. The van der Waals surface area contributed by atoms with Gasteiger partial charge in [-0.3, -0.25) is 9.36 Å². The van der Waals surface area contributed by atoms with Crippen LogP contribution in [0.15, 0.2) is 36.5 Å². The van der Waals surface area contributed by atoms with Crippen molar-refractivity contribution in [3.05, 3.63) is 36.5 Å². The van der Waals surface area contributed by atoms with Crippen molar-refractivity contribution in [1.29, 1.82) is 0 Å². The van der Waals surface area contributed by atoms with Crippen molar-refractivity contribution in [1.82, 2.24) is 5.32 Å². The van der Waals surface area contributed by atoms with E-state index in [1.165, 1.54) is 186 Å². The van der Waals surface area contributed by atoms with Crippen LogP contribution in [-0.2, 0) is 18.4 Å². The molecule has 0 rings (SSSR count). The fourth-order valence-corrected chi connectivity index (χ4v) is 9.07. The second-order valence-corrected chi connectivity index (χ2v) is 22.1. The largest absolute Gasteiger partial charge is 0.756 e. The Labute approximate surface area is 410 Å². The Hall–Kier alpha value is -1.28. The summed E-state index contributed by atoms with van der Waals surface area (Å²) in [5, 5.41) is 13.9. The fraction of sp³-hybridized carbons (Fsp3) is 0.877. The molecule has 0 fully saturated rings. The number of unbranched alkanes of at least 4 members (excludes halogenated alkanes) is 35. The van der Waals surface area contributed by atoms with Gasteiger partial charge in [-0.25, -0.2) is 0 Å². The van der Waals surface area contributed by atoms with Gasteiger partial charge >= 0.3 is 0 Å². The standard InChI is InChI=1S/C57H111N2O6P/c1-6-8-10-12-14-16-18-20-22-23-24-25-26-27-28-29-30-31-32-33-34-35-36-37-38-40-42-44-46-48-50-56(60)55(54-65-66(62,63)64-53-52-59(3,4)5)58-57(61)51-49-47-45-43-41-39-21-19-17-15-13-11-9-7-2/h13,15,19,21,48,50,55-56,60H,6-12,14,16-18,20,22-47,49,51-54H2,1-5H3,(H-,58,61,62,63)/b15-13-,21-19-,50-48+. The number of nitrogens with zero attached hydrogens (tertiary/aromatic N) is 1. The molecule has 0 radical (unpaired) electrons. The smallest absolute Gasteiger partial charge is 0.268 e. The number of carbonyl (C=O) groups is 1. The molecule has 8 nitrogen and oxygen atoms in total. The summed E-state index contributed by atoms with van der Waals surface area (Å²) in [4.78, 5) is 25.4. The van der Waals surface area contributed by atoms with Gasteiger partial charge < -0.3 is 28.8 Å². The van der Waals surface area contributed by atoms with Gasteiger partial charge in [-0.1, -0.05) is 256 Å². The lowest BCUT2D eigenvalue weighted by molar-refractivity contribution is -0.870. The SMILES string of the molecule is CCCC/C=C\C/C=C\CCCCCCCC(=O)NC(COP(=O)([O-])OCC[N+](C)(C)C)C(O)/C=C/CCCCCCCCCCCCCCCCCCCCCCCCCCCCCC. The lowest BCUT2D eigenvalue weighted by atomic mass is 10.0. The van der Waals surface area contributed by atoms with Gasteiger partial charge in [-0.05, 0) is 44.9 Å². The molecule has 390 valence electrons. The predicted octanol–water partition coefficient (Wildman–Crippen LogP) is 16.4. The summed E-state index contributed by atoms with van der Waals surface area (Å²) in [6.45, 7) is 4.62. The molecule has 0 saturated carbocycles. The van der Waals surface area contributed by atoms with Crippen molar-refractivity contribution in [2.45, 2.75) is 283 Å². The number of quaternary nitrogens is 1. The van der Waals surface area contributed by atoms with Gasteiger partial charge in [0.15, 0.2) is 0 Å². The first-order valence-electron chi connectivity index (χ1n) is 28.4. The predicted molar refractivity (Wildman–Crippen MR) is 284 cm³/mol. The molecule has 0 aromatic rings. The van der Waals surface area contributed by atoms with E-state index in [-0.39, 0.29) is 19.1 Å². The van der Waals surface area contributed by atoms with Crippen LogP contribution in [0.2, 0.25) is 0 Å². The van der Waals surface area contributed by atoms with Crippen LogP contribution in [0.5, 0.6) is 0 Å². The Bertz CT molecular complexity index is 1170. The Morgan fingerprint density at radius 3 is 1.30 bits per heavy atom. The molecule has 0 aromatic carbocycles. The van der Waals surface area contributed by atoms with Gasteiger partial charge in [0.05, 0.1) is 39.9 Å². The van der Waals surface area contributed by atoms with Crippen LogP contribution < -0.4 is 10.2 Å². The Kier molecular flexibility index (Phi) is 47.8. The van der Waals surface area contributed by atoms with Crippen molar-refractivity contribution in [2.75, 3.05) is 40.9 Å². The van der Waals surface area contributed by atoms with E-state index in [2.05, 4.69) is 43.5 Å². The highest BCUT2D eigenvalue weighted by Gasteiger charge is 2.23. The summed E-state index contributed by atoms with van der Waals surface area (Å²) < 4.78 is 23.3. The molecule has 2 N–H and O–H groups in total. The van der Waals surface area contributed by atoms with E-state index in [4.69, 9.17) is 9.05 Å². The van der Waals surface area contributed by atoms with Gasteiger partial charge in [0, 0.05) is 6.42 Å². The molecule has 0 aliphatic carbocycles. The average Bonchev–Trinajstić information content (AvgIpc) is 3.28.